The molecule has 0 radical (unpaired) electrons. The summed E-state index contributed by atoms with van der Waals surface area (Å²) in [6, 6.07) is 23.0. The highest BCUT2D eigenvalue weighted by Gasteiger charge is 2.17. The van der Waals surface area contributed by atoms with E-state index in [1.165, 1.54) is 11.8 Å². The third-order valence-electron chi connectivity index (χ3n) is 5.22. The Morgan fingerprint density at radius 2 is 1.71 bits per heavy atom. The van der Waals surface area contributed by atoms with Crippen LogP contribution in [0.3, 0.4) is 0 Å². The molecule has 178 valence electrons. The Bertz CT molecular complexity index is 1330. The first-order chi connectivity index (χ1) is 16.9. The van der Waals surface area contributed by atoms with Gasteiger partial charge in [0, 0.05) is 16.3 Å². The van der Waals surface area contributed by atoms with Crippen LogP contribution in [0, 0.1) is 6.92 Å². The average Bonchev–Trinajstić information content (AvgIpc) is 3.31. The number of rotatable bonds is 8. The van der Waals surface area contributed by atoms with Crippen molar-refractivity contribution in [3.05, 3.63) is 88.9 Å². The summed E-state index contributed by atoms with van der Waals surface area (Å²) in [4.78, 5) is 12.5. The number of benzene rings is 3. The lowest BCUT2D eigenvalue weighted by Gasteiger charge is -2.11. The summed E-state index contributed by atoms with van der Waals surface area (Å²) in [6.07, 6.45) is 0. The second kappa shape index (κ2) is 11.2. The van der Waals surface area contributed by atoms with Crippen molar-refractivity contribution in [2.24, 2.45) is 5.10 Å². The van der Waals surface area contributed by atoms with E-state index in [2.05, 4.69) is 20.7 Å². The van der Waals surface area contributed by atoms with Crippen molar-refractivity contribution in [1.29, 1.82) is 0 Å². The van der Waals surface area contributed by atoms with Crippen molar-refractivity contribution in [1.82, 2.24) is 20.2 Å². The lowest BCUT2D eigenvalue weighted by Crippen LogP contribution is -2.21. The number of ether oxygens (including phenoxy) is 1. The minimum atomic E-state index is -0.243. The number of aryl methyl sites for hydroxylation is 1. The zero-order valence-electron chi connectivity index (χ0n) is 19.5. The van der Waals surface area contributed by atoms with Gasteiger partial charge in [0.1, 0.15) is 5.75 Å². The Morgan fingerprint density at radius 1 is 1.03 bits per heavy atom. The average molecular weight is 506 g/mol. The molecule has 1 N–H and O–H groups in total. The predicted octanol–water partition coefficient (Wildman–Crippen LogP) is 5.54. The molecule has 4 aromatic rings. The van der Waals surface area contributed by atoms with Gasteiger partial charge < -0.3 is 4.74 Å². The van der Waals surface area contributed by atoms with Gasteiger partial charge in [-0.15, -0.1) is 10.2 Å². The molecular formula is C26H24ClN5O2S. The minimum Gasteiger partial charge on any atom is -0.497 e. The Labute approximate surface area is 213 Å². The van der Waals surface area contributed by atoms with Gasteiger partial charge in [-0.1, -0.05) is 53.2 Å². The lowest BCUT2D eigenvalue weighted by molar-refractivity contribution is -0.118. The highest BCUT2D eigenvalue weighted by molar-refractivity contribution is 7.99. The van der Waals surface area contributed by atoms with E-state index in [-0.39, 0.29) is 11.7 Å². The van der Waals surface area contributed by atoms with Gasteiger partial charge in [0.25, 0.3) is 5.91 Å². The molecule has 0 saturated carbocycles. The smallest absolute Gasteiger partial charge is 0.250 e. The molecule has 7 nitrogen and oxygen atoms in total. The molecule has 0 spiro atoms. The van der Waals surface area contributed by atoms with Crippen molar-refractivity contribution in [2.45, 2.75) is 19.0 Å². The van der Waals surface area contributed by atoms with Crippen LogP contribution in [0.1, 0.15) is 18.1 Å². The van der Waals surface area contributed by atoms with Crippen molar-refractivity contribution in [2.75, 3.05) is 12.9 Å². The SMILES string of the molecule is COc1ccc(-c2nnc(SCC(=O)N/N=C(\C)c3ccc(Cl)cc3)n2-c2ccc(C)cc2)cc1. The highest BCUT2D eigenvalue weighted by atomic mass is 35.5. The molecule has 1 amide bonds. The number of hydrazone groups is 1. The van der Waals surface area contributed by atoms with E-state index in [4.69, 9.17) is 16.3 Å². The Balaban J connectivity index is 1.53. The lowest BCUT2D eigenvalue weighted by atomic mass is 10.1. The van der Waals surface area contributed by atoms with Crippen LogP contribution in [-0.2, 0) is 4.79 Å². The molecule has 3 aromatic carbocycles. The molecule has 0 bridgehead atoms. The molecule has 35 heavy (non-hydrogen) atoms. The fraction of sp³-hybridized carbons (Fsp3) is 0.154. The number of amides is 1. The van der Waals surface area contributed by atoms with E-state index < -0.39 is 0 Å². The maximum absolute atomic E-state index is 12.5. The highest BCUT2D eigenvalue weighted by Crippen LogP contribution is 2.29. The summed E-state index contributed by atoms with van der Waals surface area (Å²) in [5.41, 5.74) is 7.12. The standard InChI is InChI=1S/C26H24ClN5O2S/c1-17-4-12-22(13-5-17)32-25(20-8-14-23(34-3)15-9-20)30-31-26(32)35-16-24(33)29-28-18(2)19-6-10-21(27)11-7-19/h4-15H,16H2,1-3H3,(H,29,33)/b28-18+. The zero-order chi connectivity index (χ0) is 24.8. The van der Waals surface area contributed by atoms with E-state index in [1.807, 2.05) is 79.1 Å². The van der Waals surface area contributed by atoms with Crippen LogP contribution in [0.4, 0.5) is 0 Å². The summed E-state index contributed by atoms with van der Waals surface area (Å²) in [6.45, 7) is 3.86. The number of halogens is 1. The van der Waals surface area contributed by atoms with Crippen molar-refractivity contribution in [3.63, 3.8) is 0 Å². The first-order valence-corrected chi connectivity index (χ1v) is 12.2. The molecule has 0 atom stereocenters. The number of thioether (sulfide) groups is 1. The normalized spacial score (nSPS) is 11.4. The topological polar surface area (TPSA) is 81.4 Å². The van der Waals surface area contributed by atoms with Gasteiger partial charge >= 0.3 is 0 Å². The number of aromatic nitrogens is 3. The van der Waals surface area contributed by atoms with Crippen molar-refractivity contribution in [3.8, 4) is 22.8 Å². The molecule has 0 aliphatic heterocycles. The van der Waals surface area contributed by atoms with Gasteiger partial charge in [0.2, 0.25) is 0 Å². The fourth-order valence-corrected chi connectivity index (χ4v) is 4.15. The zero-order valence-corrected chi connectivity index (χ0v) is 21.1. The number of nitrogens with one attached hydrogen (secondary N) is 1. The quantitative estimate of drug-likeness (QED) is 0.193. The van der Waals surface area contributed by atoms with E-state index in [0.29, 0.717) is 21.7 Å². The summed E-state index contributed by atoms with van der Waals surface area (Å²) >= 11 is 7.22. The van der Waals surface area contributed by atoms with Gasteiger partial charge in [0.05, 0.1) is 18.6 Å². The van der Waals surface area contributed by atoms with Crippen LogP contribution in [0.25, 0.3) is 17.1 Å². The Morgan fingerprint density at radius 3 is 2.37 bits per heavy atom. The van der Waals surface area contributed by atoms with Gasteiger partial charge in [0.15, 0.2) is 11.0 Å². The molecule has 1 aromatic heterocycles. The molecule has 0 aliphatic carbocycles. The monoisotopic (exact) mass is 505 g/mol. The van der Waals surface area contributed by atoms with Crippen LogP contribution in [-0.4, -0.2) is 39.2 Å². The molecule has 0 saturated heterocycles. The maximum Gasteiger partial charge on any atom is 0.250 e. The minimum absolute atomic E-state index is 0.129. The first kappa shape index (κ1) is 24.5. The van der Waals surface area contributed by atoms with E-state index >= 15 is 0 Å². The van der Waals surface area contributed by atoms with Crippen molar-refractivity contribution >= 4 is 35.0 Å². The molecule has 0 unspecified atom stereocenters. The number of nitrogens with zero attached hydrogens (tertiary/aromatic N) is 4. The van der Waals surface area contributed by atoms with E-state index in [0.717, 1.165) is 28.1 Å². The maximum atomic E-state index is 12.5. The van der Waals surface area contributed by atoms with Crippen LogP contribution < -0.4 is 10.2 Å². The summed E-state index contributed by atoms with van der Waals surface area (Å²) in [7, 11) is 1.63. The van der Waals surface area contributed by atoms with Gasteiger partial charge in [-0.05, 0) is 67.9 Å². The third-order valence-corrected chi connectivity index (χ3v) is 6.40. The van der Waals surface area contributed by atoms with E-state index in [9.17, 15) is 4.79 Å². The molecule has 4 rings (SSSR count). The van der Waals surface area contributed by atoms with E-state index in [1.54, 1.807) is 19.2 Å². The van der Waals surface area contributed by atoms with Gasteiger partial charge in [-0.25, -0.2) is 5.43 Å². The third kappa shape index (κ3) is 6.09. The largest absolute Gasteiger partial charge is 0.497 e. The molecule has 1 heterocycles. The van der Waals surface area contributed by atoms with Crippen LogP contribution in [0.15, 0.2) is 83.1 Å². The summed E-state index contributed by atoms with van der Waals surface area (Å²) < 4.78 is 7.21. The number of carbonyl (C=O) groups is 1. The second-order valence-electron chi connectivity index (χ2n) is 7.73. The number of carbonyl (C=O) groups excluding carboxylic acids is 1. The van der Waals surface area contributed by atoms with Gasteiger partial charge in [-0.2, -0.15) is 5.10 Å². The Hall–Kier alpha value is -3.62. The fourth-order valence-electron chi connectivity index (χ4n) is 3.28. The predicted molar refractivity (Wildman–Crippen MR) is 141 cm³/mol. The van der Waals surface area contributed by atoms with Crippen LogP contribution >= 0.6 is 23.4 Å². The van der Waals surface area contributed by atoms with Crippen LogP contribution in [0.5, 0.6) is 5.75 Å². The second-order valence-corrected chi connectivity index (χ2v) is 9.11. The van der Waals surface area contributed by atoms with Gasteiger partial charge in [-0.3, -0.25) is 9.36 Å². The molecular weight excluding hydrogens is 482 g/mol. The van der Waals surface area contributed by atoms with Crippen LogP contribution in [0.2, 0.25) is 5.02 Å². The summed E-state index contributed by atoms with van der Waals surface area (Å²) in [5.74, 6) is 1.32. The molecule has 9 heteroatoms. The number of methoxy groups -OCH3 is 1. The molecule has 0 fully saturated rings. The van der Waals surface area contributed by atoms with Crippen molar-refractivity contribution < 1.29 is 9.53 Å². The number of hydrogen-bond acceptors (Lipinski definition) is 6. The Kier molecular flexibility index (Phi) is 7.84. The summed E-state index contributed by atoms with van der Waals surface area (Å²) in [5, 5.41) is 14.2. The number of hydrogen-bond donors (Lipinski definition) is 1. The first-order valence-electron chi connectivity index (χ1n) is 10.8. The molecule has 0 aliphatic rings.